The summed E-state index contributed by atoms with van der Waals surface area (Å²) in [7, 11) is 0. The van der Waals surface area contributed by atoms with Crippen LogP contribution >= 0.6 is 50.4 Å². The van der Waals surface area contributed by atoms with Gasteiger partial charge in [0.15, 0.2) is 11.0 Å². The van der Waals surface area contributed by atoms with Crippen LogP contribution in [-0.2, 0) is 5.75 Å². The zero-order valence-corrected chi connectivity index (χ0v) is 15.1. The molecule has 0 amide bonds. The fourth-order valence-electron chi connectivity index (χ4n) is 2.18. The second-order valence-electron chi connectivity index (χ2n) is 4.88. The van der Waals surface area contributed by atoms with Gasteiger partial charge in [-0.1, -0.05) is 17.8 Å². The van der Waals surface area contributed by atoms with Crippen molar-refractivity contribution in [2.75, 3.05) is 0 Å². The van der Waals surface area contributed by atoms with Crippen LogP contribution in [0.1, 0.15) is 23.8 Å². The minimum Gasteiger partial charge on any atom is -0.298 e. The third-order valence-electron chi connectivity index (χ3n) is 3.29. The van der Waals surface area contributed by atoms with Crippen molar-refractivity contribution in [3.05, 3.63) is 38.3 Å². The Balaban J connectivity index is 1.60. The Morgan fingerprint density at radius 1 is 1.29 bits per heavy atom. The van der Waals surface area contributed by atoms with E-state index >= 15 is 0 Å². The summed E-state index contributed by atoms with van der Waals surface area (Å²) in [5, 5.41) is 12.0. The van der Waals surface area contributed by atoms with Crippen LogP contribution in [0, 0.1) is 0 Å². The van der Waals surface area contributed by atoms with Crippen LogP contribution < -0.4 is 0 Å². The second kappa shape index (κ2) is 5.87. The third kappa shape index (κ3) is 2.97. The quantitative estimate of drug-likeness (QED) is 0.535. The van der Waals surface area contributed by atoms with Crippen molar-refractivity contribution in [3.63, 3.8) is 0 Å². The monoisotopic (exact) mass is 397 g/mol. The molecule has 0 aromatic carbocycles. The van der Waals surface area contributed by atoms with E-state index in [1.54, 1.807) is 34.4 Å². The summed E-state index contributed by atoms with van der Waals surface area (Å²) in [4.78, 5) is 2.56. The molecule has 7 heteroatoms. The third-order valence-corrected chi connectivity index (χ3v) is 6.95. The van der Waals surface area contributed by atoms with Gasteiger partial charge in [0.25, 0.3) is 0 Å². The van der Waals surface area contributed by atoms with E-state index in [-0.39, 0.29) is 0 Å². The normalized spacial score (nSPS) is 14.7. The van der Waals surface area contributed by atoms with Crippen molar-refractivity contribution < 1.29 is 0 Å². The molecule has 1 saturated carbocycles. The number of aromatic nitrogens is 3. The summed E-state index contributed by atoms with van der Waals surface area (Å²) in [6.07, 6.45) is 2.49. The van der Waals surface area contributed by atoms with Crippen molar-refractivity contribution in [3.8, 4) is 10.7 Å². The molecule has 0 N–H and O–H groups in total. The standard InChI is InChI=1S/C14H12BrN3S3/c15-12-6-5-10(21-12)8-20-14-17-16-13(11-2-1-7-19-11)18(14)9-3-4-9/h1-2,5-7,9H,3-4,8H2. The lowest BCUT2D eigenvalue weighted by molar-refractivity contribution is 0.670. The number of rotatable bonds is 5. The first-order chi connectivity index (χ1) is 10.3. The summed E-state index contributed by atoms with van der Waals surface area (Å²) in [6, 6.07) is 9.05. The molecule has 1 aliphatic carbocycles. The molecule has 0 spiro atoms. The number of thiophene rings is 2. The predicted molar refractivity (Wildman–Crippen MR) is 93.2 cm³/mol. The van der Waals surface area contributed by atoms with Crippen LogP contribution in [-0.4, -0.2) is 14.8 Å². The molecule has 0 saturated heterocycles. The van der Waals surface area contributed by atoms with Gasteiger partial charge in [0, 0.05) is 16.7 Å². The maximum Gasteiger partial charge on any atom is 0.192 e. The van der Waals surface area contributed by atoms with Crippen LogP contribution in [0.4, 0.5) is 0 Å². The van der Waals surface area contributed by atoms with Crippen LogP contribution in [0.5, 0.6) is 0 Å². The molecule has 3 nitrogen and oxygen atoms in total. The van der Waals surface area contributed by atoms with E-state index in [1.165, 1.54) is 26.4 Å². The molecule has 3 heterocycles. The minimum absolute atomic E-state index is 0.592. The first kappa shape index (κ1) is 14.0. The lowest BCUT2D eigenvalue weighted by Gasteiger charge is -2.07. The Labute approximate surface area is 143 Å². The lowest BCUT2D eigenvalue weighted by atomic mass is 10.4. The molecule has 0 bridgehead atoms. The molecule has 0 radical (unpaired) electrons. The summed E-state index contributed by atoms with van der Waals surface area (Å²) in [6.45, 7) is 0. The van der Waals surface area contributed by atoms with Crippen LogP contribution in [0.2, 0.25) is 0 Å². The van der Waals surface area contributed by atoms with Crippen LogP contribution in [0.3, 0.4) is 0 Å². The molecule has 108 valence electrons. The van der Waals surface area contributed by atoms with Gasteiger partial charge in [0.05, 0.1) is 8.66 Å². The van der Waals surface area contributed by atoms with E-state index in [0.29, 0.717) is 6.04 Å². The van der Waals surface area contributed by atoms with E-state index in [1.807, 2.05) is 0 Å². The Kier molecular flexibility index (Phi) is 3.91. The smallest absolute Gasteiger partial charge is 0.192 e. The van der Waals surface area contributed by atoms with Crippen LogP contribution in [0.15, 0.2) is 38.6 Å². The van der Waals surface area contributed by atoms with Crippen molar-refractivity contribution in [2.24, 2.45) is 0 Å². The molecule has 3 aromatic heterocycles. The highest BCUT2D eigenvalue weighted by molar-refractivity contribution is 9.11. The van der Waals surface area contributed by atoms with Gasteiger partial charge in [-0.05, 0) is 52.4 Å². The van der Waals surface area contributed by atoms with Gasteiger partial charge >= 0.3 is 0 Å². The summed E-state index contributed by atoms with van der Waals surface area (Å²) in [5.41, 5.74) is 0. The van der Waals surface area contributed by atoms with Gasteiger partial charge in [-0.15, -0.1) is 32.9 Å². The molecule has 1 aliphatic rings. The summed E-state index contributed by atoms with van der Waals surface area (Å²) in [5.74, 6) is 1.98. The number of halogens is 1. The molecule has 3 aromatic rings. The highest BCUT2D eigenvalue weighted by Crippen LogP contribution is 2.42. The second-order valence-corrected chi connectivity index (χ2v) is 9.32. The number of nitrogens with zero attached hydrogens (tertiary/aromatic N) is 3. The molecular formula is C14H12BrN3S3. The van der Waals surface area contributed by atoms with Crippen molar-refractivity contribution in [1.29, 1.82) is 0 Å². The Bertz CT molecular complexity index is 743. The van der Waals surface area contributed by atoms with E-state index in [0.717, 1.165) is 16.7 Å². The Morgan fingerprint density at radius 2 is 2.19 bits per heavy atom. The topological polar surface area (TPSA) is 30.7 Å². The molecule has 0 atom stereocenters. The van der Waals surface area contributed by atoms with Gasteiger partial charge in [-0.3, -0.25) is 4.57 Å². The predicted octanol–water partition coefficient (Wildman–Crippen LogP) is 5.46. The summed E-state index contributed by atoms with van der Waals surface area (Å²) < 4.78 is 3.51. The van der Waals surface area contributed by atoms with Crippen molar-refractivity contribution in [2.45, 2.75) is 29.8 Å². The number of hydrogen-bond donors (Lipinski definition) is 0. The highest BCUT2D eigenvalue weighted by atomic mass is 79.9. The molecular weight excluding hydrogens is 386 g/mol. The van der Waals surface area contributed by atoms with E-state index < -0.39 is 0 Å². The summed E-state index contributed by atoms with van der Waals surface area (Å²) >= 11 is 8.81. The highest BCUT2D eigenvalue weighted by Gasteiger charge is 2.30. The Hall–Kier alpha value is -0.630. The molecule has 4 rings (SSSR count). The Morgan fingerprint density at radius 3 is 2.86 bits per heavy atom. The SMILES string of the molecule is Brc1ccc(CSc2nnc(-c3cccs3)n2C2CC2)s1. The van der Waals surface area contributed by atoms with Gasteiger partial charge in [0.1, 0.15) is 0 Å². The minimum atomic E-state index is 0.592. The van der Waals surface area contributed by atoms with E-state index in [9.17, 15) is 0 Å². The molecule has 0 aliphatic heterocycles. The van der Waals surface area contributed by atoms with E-state index in [2.05, 4.69) is 60.3 Å². The van der Waals surface area contributed by atoms with Gasteiger partial charge in [0.2, 0.25) is 0 Å². The first-order valence-electron chi connectivity index (χ1n) is 6.67. The van der Waals surface area contributed by atoms with Gasteiger partial charge in [-0.2, -0.15) is 0 Å². The lowest BCUT2D eigenvalue weighted by Crippen LogP contribution is -1.98. The maximum absolute atomic E-state index is 4.43. The fourth-order valence-corrected chi connectivity index (χ4v) is 5.41. The van der Waals surface area contributed by atoms with E-state index in [4.69, 9.17) is 0 Å². The van der Waals surface area contributed by atoms with Crippen LogP contribution in [0.25, 0.3) is 10.7 Å². The number of thioether (sulfide) groups is 1. The fraction of sp³-hybridized carbons (Fsp3) is 0.286. The average molecular weight is 398 g/mol. The maximum atomic E-state index is 4.43. The van der Waals surface area contributed by atoms with Gasteiger partial charge < -0.3 is 0 Å². The molecule has 0 unspecified atom stereocenters. The zero-order valence-electron chi connectivity index (χ0n) is 11.0. The molecule has 1 fully saturated rings. The van der Waals surface area contributed by atoms with Crippen molar-refractivity contribution >= 4 is 50.4 Å². The zero-order chi connectivity index (χ0) is 14.2. The first-order valence-corrected chi connectivity index (χ1v) is 10.1. The molecule has 21 heavy (non-hydrogen) atoms. The number of hydrogen-bond acceptors (Lipinski definition) is 5. The average Bonchev–Trinajstić information content (AvgIpc) is 2.93. The largest absolute Gasteiger partial charge is 0.298 e. The van der Waals surface area contributed by atoms with Gasteiger partial charge in [-0.25, -0.2) is 0 Å². The van der Waals surface area contributed by atoms with Crippen molar-refractivity contribution in [1.82, 2.24) is 14.8 Å².